The molecule has 2 aliphatic rings. The van der Waals surface area contributed by atoms with Crippen molar-refractivity contribution in [1.29, 1.82) is 0 Å². The minimum atomic E-state index is 0.770. The summed E-state index contributed by atoms with van der Waals surface area (Å²) in [7, 11) is 0. The van der Waals surface area contributed by atoms with Crippen LogP contribution in [0.4, 0.5) is 0 Å². The topological polar surface area (TPSA) is 6.48 Å². The molecule has 0 N–H and O–H groups in total. The Labute approximate surface area is 115 Å². The van der Waals surface area contributed by atoms with Gasteiger partial charge in [0.1, 0.15) is 0 Å². The van der Waals surface area contributed by atoms with Crippen molar-refractivity contribution in [1.82, 2.24) is 9.80 Å². The molecule has 0 atom stereocenters. The summed E-state index contributed by atoms with van der Waals surface area (Å²) in [5.74, 6) is 1.01. The average Bonchev–Trinajstić information content (AvgIpc) is 2.31. The lowest BCUT2D eigenvalue weighted by Crippen LogP contribution is -2.63. The molecule has 2 nitrogen and oxygen atoms in total. The van der Waals surface area contributed by atoms with Gasteiger partial charge in [0.25, 0.3) is 0 Å². The Bertz CT molecular complexity index is 213. The molecule has 0 unspecified atom stereocenters. The zero-order valence-electron chi connectivity index (χ0n) is 13.3. The van der Waals surface area contributed by atoms with E-state index < -0.39 is 0 Å². The number of likely N-dealkylation sites (tertiary alicyclic amines) is 1. The summed E-state index contributed by atoms with van der Waals surface area (Å²) in [6.07, 6.45) is 4.31. The van der Waals surface area contributed by atoms with E-state index >= 15 is 0 Å². The quantitative estimate of drug-likeness (QED) is 0.716. The molecule has 0 bridgehead atoms. The van der Waals surface area contributed by atoms with Crippen molar-refractivity contribution in [2.24, 2.45) is 11.3 Å². The molecule has 1 heterocycles. The van der Waals surface area contributed by atoms with Gasteiger partial charge in [-0.15, -0.1) is 0 Å². The maximum absolute atomic E-state index is 2.63. The van der Waals surface area contributed by atoms with Gasteiger partial charge in [0, 0.05) is 19.6 Å². The normalized spacial score (nSPS) is 22.3. The van der Waals surface area contributed by atoms with Crippen LogP contribution in [0.2, 0.25) is 0 Å². The second-order valence-corrected chi connectivity index (χ2v) is 5.97. The molecule has 1 aliphatic heterocycles. The van der Waals surface area contributed by atoms with Gasteiger partial charge in [-0.3, -0.25) is 0 Å². The Morgan fingerprint density at radius 3 is 2.17 bits per heavy atom. The Balaban J connectivity index is 0.000000771. The van der Waals surface area contributed by atoms with E-state index in [1.807, 2.05) is 13.8 Å². The van der Waals surface area contributed by atoms with Crippen molar-refractivity contribution in [2.75, 3.05) is 39.3 Å². The summed E-state index contributed by atoms with van der Waals surface area (Å²) >= 11 is 0. The molecule has 2 fully saturated rings. The highest BCUT2D eigenvalue weighted by atomic mass is 15.2. The Morgan fingerprint density at radius 2 is 1.72 bits per heavy atom. The van der Waals surface area contributed by atoms with Crippen LogP contribution in [-0.4, -0.2) is 49.1 Å². The van der Waals surface area contributed by atoms with Crippen LogP contribution in [0.15, 0.2) is 0 Å². The maximum atomic E-state index is 2.63. The van der Waals surface area contributed by atoms with E-state index in [-0.39, 0.29) is 0 Å². The summed E-state index contributed by atoms with van der Waals surface area (Å²) in [5.41, 5.74) is 0.770. The molecule has 0 aromatic carbocycles. The maximum Gasteiger partial charge on any atom is 0.00506 e. The van der Waals surface area contributed by atoms with Gasteiger partial charge in [-0.2, -0.15) is 0 Å². The lowest BCUT2D eigenvalue weighted by atomic mass is 9.57. The fraction of sp³-hybridized carbons (Fsp3) is 1.00. The highest BCUT2D eigenvalue weighted by molar-refractivity contribution is 5.04. The molecule has 0 radical (unpaired) electrons. The number of nitrogens with zero attached hydrogens (tertiary/aromatic N) is 2. The third kappa shape index (κ3) is 3.71. The number of hydrogen-bond acceptors (Lipinski definition) is 2. The van der Waals surface area contributed by atoms with Crippen molar-refractivity contribution in [3.8, 4) is 0 Å². The predicted molar refractivity (Wildman–Crippen MR) is 81.0 cm³/mol. The van der Waals surface area contributed by atoms with Crippen molar-refractivity contribution in [3.05, 3.63) is 0 Å². The highest BCUT2D eigenvalue weighted by Crippen LogP contribution is 2.51. The molecule has 18 heavy (non-hydrogen) atoms. The smallest absolute Gasteiger partial charge is 0.00506 e. The van der Waals surface area contributed by atoms with Gasteiger partial charge in [0.05, 0.1) is 0 Å². The molecule has 0 aromatic heterocycles. The second kappa shape index (κ2) is 7.49. The van der Waals surface area contributed by atoms with Crippen molar-refractivity contribution >= 4 is 0 Å². The molecule has 1 saturated carbocycles. The van der Waals surface area contributed by atoms with E-state index in [2.05, 4.69) is 30.6 Å². The third-order valence-electron chi connectivity index (χ3n) is 4.51. The first-order valence-electron chi connectivity index (χ1n) is 8.16. The van der Waals surface area contributed by atoms with Crippen molar-refractivity contribution in [2.45, 2.75) is 53.9 Å². The van der Waals surface area contributed by atoms with E-state index in [9.17, 15) is 0 Å². The van der Waals surface area contributed by atoms with Gasteiger partial charge >= 0.3 is 0 Å². The average molecular weight is 254 g/mol. The molecule has 2 rings (SSSR count). The van der Waals surface area contributed by atoms with Gasteiger partial charge in [-0.25, -0.2) is 0 Å². The molecular formula is C16H34N2. The molecule has 1 aliphatic carbocycles. The summed E-state index contributed by atoms with van der Waals surface area (Å²) in [4.78, 5) is 5.22. The molecule has 1 saturated heterocycles. The lowest BCUT2D eigenvalue weighted by molar-refractivity contribution is -0.0977. The van der Waals surface area contributed by atoms with Crippen LogP contribution >= 0.6 is 0 Å². The summed E-state index contributed by atoms with van der Waals surface area (Å²) in [6, 6.07) is 0. The van der Waals surface area contributed by atoms with Crippen LogP contribution in [0.3, 0.4) is 0 Å². The Morgan fingerprint density at radius 1 is 1.11 bits per heavy atom. The molecular weight excluding hydrogens is 220 g/mol. The zero-order valence-corrected chi connectivity index (χ0v) is 13.3. The van der Waals surface area contributed by atoms with Gasteiger partial charge in [0.2, 0.25) is 0 Å². The van der Waals surface area contributed by atoms with Gasteiger partial charge < -0.3 is 9.80 Å². The zero-order chi connectivity index (χ0) is 13.6. The lowest BCUT2D eigenvalue weighted by Gasteiger charge is -2.59. The number of hydrogen-bond donors (Lipinski definition) is 0. The second-order valence-electron chi connectivity index (χ2n) is 5.97. The standard InChI is InChI=1S/C14H28N2.C2H6/c1-4-7-15(5-2)10-13-8-14(9-13)11-16(6-3)12-14;1-2/h13H,4-12H2,1-3H3;1-2H3. The van der Waals surface area contributed by atoms with E-state index in [0.29, 0.717) is 0 Å². The van der Waals surface area contributed by atoms with Gasteiger partial charge in [-0.05, 0) is 50.2 Å². The van der Waals surface area contributed by atoms with Gasteiger partial charge in [-0.1, -0.05) is 34.6 Å². The summed E-state index contributed by atoms with van der Waals surface area (Å²) < 4.78 is 0. The fourth-order valence-corrected chi connectivity index (χ4v) is 3.74. The number of rotatable bonds is 6. The first-order chi connectivity index (χ1) is 8.71. The first-order valence-corrected chi connectivity index (χ1v) is 8.16. The molecule has 1 spiro atoms. The van der Waals surface area contributed by atoms with E-state index in [1.54, 1.807) is 0 Å². The molecule has 2 heteroatoms. The Kier molecular flexibility index (Phi) is 6.65. The predicted octanol–water partition coefficient (Wildman–Crippen LogP) is 3.48. The SMILES string of the molecule is CC.CCCN(CC)CC1CC2(C1)CN(CC)C2. The summed E-state index contributed by atoms with van der Waals surface area (Å²) in [5, 5.41) is 0. The Hall–Kier alpha value is -0.0800. The van der Waals surface area contributed by atoms with Crippen LogP contribution in [0.25, 0.3) is 0 Å². The van der Waals surface area contributed by atoms with Crippen LogP contribution in [0.5, 0.6) is 0 Å². The molecule has 108 valence electrons. The molecule has 0 amide bonds. The highest BCUT2D eigenvalue weighted by Gasteiger charge is 2.51. The van der Waals surface area contributed by atoms with E-state index in [1.165, 1.54) is 58.5 Å². The van der Waals surface area contributed by atoms with Crippen molar-refractivity contribution in [3.63, 3.8) is 0 Å². The van der Waals surface area contributed by atoms with E-state index in [0.717, 1.165) is 11.3 Å². The first kappa shape index (κ1) is 16.0. The van der Waals surface area contributed by atoms with Crippen LogP contribution in [0, 0.1) is 11.3 Å². The molecule has 0 aromatic rings. The van der Waals surface area contributed by atoms with E-state index in [4.69, 9.17) is 0 Å². The van der Waals surface area contributed by atoms with Gasteiger partial charge in [0.15, 0.2) is 0 Å². The third-order valence-corrected chi connectivity index (χ3v) is 4.51. The van der Waals surface area contributed by atoms with Crippen LogP contribution < -0.4 is 0 Å². The minimum absolute atomic E-state index is 0.770. The fourth-order valence-electron chi connectivity index (χ4n) is 3.74. The minimum Gasteiger partial charge on any atom is -0.303 e. The summed E-state index contributed by atoms with van der Waals surface area (Å²) in [6.45, 7) is 18.8. The largest absolute Gasteiger partial charge is 0.303 e. The van der Waals surface area contributed by atoms with Crippen molar-refractivity contribution < 1.29 is 0 Å². The van der Waals surface area contributed by atoms with Crippen LogP contribution in [0.1, 0.15) is 53.9 Å². The van der Waals surface area contributed by atoms with Crippen LogP contribution in [-0.2, 0) is 0 Å². The monoisotopic (exact) mass is 254 g/mol.